The Kier molecular flexibility index (Phi) is 4.10. The van der Waals surface area contributed by atoms with Gasteiger partial charge in [-0.1, -0.05) is 6.07 Å². The zero-order valence-electron chi connectivity index (χ0n) is 10.4. The smallest absolute Gasteiger partial charge is 0.161 e. The van der Waals surface area contributed by atoms with E-state index in [1.54, 1.807) is 18.0 Å². The van der Waals surface area contributed by atoms with Crippen LogP contribution in [-0.2, 0) is 19.5 Å². The third-order valence-electron chi connectivity index (χ3n) is 2.54. The highest BCUT2D eigenvalue weighted by molar-refractivity contribution is 6.17. The number of alkyl halides is 1. The van der Waals surface area contributed by atoms with Crippen molar-refractivity contribution in [3.8, 4) is 11.5 Å². The van der Waals surface area contributed by atoms with Gasteiger partial charge in [0.15, 0.2) is 11.5 Å². The van der Waals surface area contributed by atoms with Crippen LogP contribution in [0.1, 0.15) is 11.1 Å². The second-order valence-electron chi connectivity index (χ2n) is 3.93. The first-order valence-electron chi connectivity index (χ1n) is 5.56. The fourth-order valence-corrected chi connectivity index (χ4v) is 1.79. The van der Waals surface area contributed by atoms with E-state index in [0.29, 0.717) is 24.0 Å². The molecular formula is C13H15ClN2O2. The van der Waals surface area contributed by atoms with Crippen LogP contribution in [0.3, 0.4) is 0 Å². The number of methoxy groups -OCH3 is 1. The molecule has 0 N–H and O–H groups in total. The molecule has 0 saturated carbocycles. The van der Waals surface area contributed by atoms with Crippen molar-refractivity contribution in [1.29, 1.82) is 0 Å². The molecule has 0 unspecified atom stereocenters. The predicted molar refractivity (Wildman–Crippen MR) is 70.1 cm³/mol. The number of aromatic nitrogens is 2. The van der Waals surface area contributed by atoms with E-state index in [1.165, 1.54) is 0 Å². The molecule has 2 aromatic rings. The Labute approximate surface area is 111 Å². The van der Waals surface area contributed by atoms with E-state index in [9.17, 15) is 0 Å². The summed E-state index contributed by atoms with van der Waals surface area (Å²) in [5.74, 6) is 1.85. The van der Waals surface area contributed by atoms with Crippen molar-refractivity contribution < 1.29 is 9.47 Å². The summed E-state index contributed by atoms with van der Waals surface area (Å²) in [7, 11) is 3.49. The van der Waals surface area contributed by atoms with Gasteiger partial charge in [-0.3, -0.25) is 4.68 Å². The Hall–Kier alpha value is -1.68. The molecule has 96 valence electrons. The molecule has 4 nitrogen and oxygen atoms in total. The van der Waals surface area contributed by atoms with Gasteiger partial charge in [0.1, 0.15) is 6.61 Å². The molecule has 18 heavy (non-hydrogen) atoms. The summed E-state index contributed by atoms with van der Waals surface area (Å²) < 4.78 is 12.7. The van der Waals surface area contributed by atoms with Gasteiger partial charge in [-0.05, 0) is 17.7 Å². The van der Waals surface area contributed by atoms with Gasteiger partial charge in [-0.25, -0.2) is 0 Å². The van der Waals surface area contributed by atoms with Crippen LogP contribution in [0.2, 0.25) is 0 Å². The van der Waals surface area contributed by atoms with Crippen LogP contribution in [0.5, 0.6) is 11.5 Å². The first-order chi connectivity index (χ1) is 8.72. The predicted octanol–water partition coefficient (Wildman–Crippen LogP) is 2.75. The van der Waals surface area contributed by atoms with Crippen LogP contribution in [0.4, 0.5) is 0 Å². The lowest BCUT2D eigenvalue weighted by atomic mass is 10.2. The number of benzene rings is 1. The van der Waals surface area contributed by atoms with Crippen molar-refractivity contribution in [3.63, 3.8) is 0 Å². The van der Waals surface area contributed by atoms with Gasteiger partial charge in [-0.2, -0.15) is 5.10 Å². The van der Waals surface area contributed by atoms with Crippen molar-refractivity contribution in [1.82, 2.24) is 9.78 Å². The van der Waals surface area contributed by atoms with E-state index < -0.39 is 0 Å². The molecule has 0 aliphatic carbocycles. The second-order valence-corrected chi connectivity index (χ2v) is 4.20. The van der Waals surface area contributed by atoms with Crippen molar-refractivity contribution in [2.75, 3.05) is 7.11 Å². The number of ether oxygens (including phenoxy) is 2. The van der Waals surface area contributed by atoms with Crippen LogP contribution in [-0.4, -0.2) is 16.9 Å². The Morgan fingerprint density at radius 2 is 2.11 bits per heavy atom. The van der Waals surface area contributed by atoms with Gasteiger partial charge in [0, 0.05) is 24.7 Å². The van der Waals surface area contributed by atoms with E-state index in [4.69, 9.17) is 21.1 Å². The second kappa shape index (κ2) is 5.78. The summed E-state index contributed by atoms with van der Waals surface area (Å²) in [6.07, 6.45) is 3.69. The van der Waals surface area contributed by atoms with Gasteiger partial charge in [0.25, 0.3) is 0 Å². The van der Waals surface area contributed by atoms with Gasteiger partial charge < -0.3 is 9.47 Å². The lowest BCUT2D eigenvalue weighted by molar-refractivity contribution is 0.284. The van der Waals surface area contributed by atoms with Crippen molar-refractivity contribution in [2.24, 2.45) is 7.05 Å². The molecule has 5 heteroatoms. The first-order valence-corrected chi connectivity index (χ1v) is 6.09. The summed E-state index contributed by atoms with van der Waals surface area (Å²) in [6, 6.07) is 5.67. The summed E-state index contributed by atoms with van der Waals surface area (Å²) in [5.41, 5.74) is 2.01. The van der Waals surface area contributed by atoms with Gasteiger partial charge in [0.05, 0.1) is 13.3 Å². The standard InChI is InChI=1S/C13H15ClN2O2/c1-16-8-11(7-15-16)9-18-13-5-10(6-14)3-4-12(13)17-2/h3-5,7-8H,6,9H2,1-2H3. The average molecular weight is 267 g/mol. The van der Waals surface area contributed by atoms with Crippen LogP contribution in [0.25, 0.3) is 0 Å². The maximum Gasteiger partial charge on any atom is 0.161 e. The lowest BCUT2D eigenvalue weighted by Gasteiger charge is -2.10. The third-order valence-corrected chi connectivity index (χ3v) is 2.84. The fraction of sp³-hybridized carbons (Fsp3) is 0.308. The summed E-state index contributed by atoms with van der Waals surface area (Å²) >= 11 is 5.81. The summed E-state index contributed by atoms with van der Waals surface area (Å²) in [5, 5.41) is 4.09. The molecule has 0 saturated heterocycles. The molecule has 0 aliphatic heterocycles. The van der Waals surface area contributed by atoms with Crippen molar-refractivity contribution in [3.05, 3.63) is 41.7 Å². The molecule has 0 spiro atoms. The molecule has 0 fully saturated rings. The van der Waals surface area contributed by atoms with Crippen molar-refractivity contribution in [2.45, 2.75) is 12.5 Å². The minimum Gasteiger partial charge on any atom is -0.493 e. The average Bonchev–Trinajstić information content (AvgIpc) is 2.81. The maximum absolute atomic E-state index is 5.81. The highest BCUT2D eigenvalue weighted by Gasteiger charge is 2.06. The van der Waals surface area contributed by atoms with E-state index in [-0.39, 0.29) is 0 Å². The third kappa shape index (κ3) is 2.96. The number of rotatable bonds is 5. The number of hydrogen-bond donors (Lipinski definition) is 0. The Morgan fingerprint density at radius 1 is 1.28 bits per heavy atom. The van der Waals surface area contributed by atoms with Crippen molar-refractivity contribution >= 4 is 11.6 Å². The number of hydrogen-bond acceptors (Lipinski definition) is 3. The molecule has 1 aromatic heterocycles. The minimum absolute atomic E-state index is 0.452. The van der Waals surface area contributed by atoms with E-state index in [0.717, 1.165) is 11.1 Å². The van der Waals surface area contributed by atoms with Crippen LogP contribution < -0.4 is 9.47 Å². The molecule has 0 radical (unpaired) electrons. The molecular weight excluding hydrogens is 252 g/mol. The van der Waals surface area contributed by atoms with Gasteiger partial charge >= 0.3 is 0 Å². The molecule has 0 amide bonds. The molecule has 0 atom stereocenters. The highest BCUT2D eigenvalue weighted by atomic mass is 35.5. The van der Waals surface area contributed by atoms with E-state index in [1.807, 2.05) is 31.4 Å². The van der Waals surface area contributed by atoms with E-state index in [2.05, 4.69) is 5.10 Å². The summed E-state index contributed by atoms with van der Waals surface area (Å²) in [6.45, 7) is 0.454. The zero-order chi connectivity index (χ0) is 13.0. The molecule has 2 rings (SSSR count). The quantitative estimate of drug-likeness (QED) is 0.781. The van der Waals surface area contributed by atoms with Gasteiger partial charge in [0.2, 0.25) is 0 Å². The molecule has 1 heterocycles. The number of halogens is 1. The van der Waals surface area contributed by atoms with Gasteiger partial charge in [-0.15, -0.1) is 11.6 Å². The van der Waals surface area contributed by atoms with Crippen LogP contribution in [0.15, 0.2) is 30.6 Å². The lowest BCUT2D eigenvalue weighted by Crippen LogP contribution is -1.97. The largest absolute Gasteiger partial charge is 0.493 e. The Bertz CT molecular complexity index is 525. The zero-order valence-corrected chi connectivity index (χ0v) is 11.1. The van der Waals surface area contributed by atoms with Crippen LogP contribution in [0, 0.1) is 0 Å². The minimum atomic E-state index is 0.452. The normalized spacial score (nSPS) is 10.4. The summed E-state index contributed by atoms with van der Waals surface area (Å²) in [4.78, 5) is 0. The highest BCUT2D eigenvalue weighted by Crippen LogP contribution is 2.29. The monoisotopic (exact) mass is 266 g/mol. The number of nitrogens with zero attached hydrogens (tertiary/aromatic N) is 2. The molecule has 0 aliphatic rings. The molecule has 0 bridgehead atoms. The topological polar surface area (TPSA) is 36.3 Å². The SMILES string of the molecule is COc1ccc(CCl)cc1OCc1cnn(C)c1. The fourth-order valence-electron chi connectivity index (χ4n) is 1.62. The van der Waals surface area contributed by atoms with Crippen LogP contribution >= 0.6 is 11.6 Å². The Morgan fingerprint density at radius 3 is 2.72 bits per heavy atom. The maximum atomic E-state index is 5.81. The molecule has 1 aromatic carbocycles. The van der Waals surface area contributed by atoms with E-state index >= 15 is 0 Å². The number of aryl methyl sites for hydroxylation is 1. The Balaban J connectivity index is 2.11. The first kappa shape index (κ1) is 12.8.